The van der Waals surface area contributed by atoms with Gasteiger partial charge in [-0.25, -0.2) is 0 Å². The van der Waals surface area contributed by atoms with Gasteiger partial charge in [0, 0.05) is 6.07 Å². The first-order valence-electron chi connectivity index (χ1n) is 8.52. The maximum Gasteiger partial charge on any atom is 0.418 e. The fraction of sp³-hybridized carbons (Fsp3) is 0.278. The Bertz CT molecular complexity index is 1040. The number of amides is 2. The summed E-state index contributed by atoms with van der Waals surface area (Å²) >= 11 is 0. The summed E-state index contributed by atoms with van der Waals surface area (Å²) in [7, 11) is 0. The molecule has 12 heteroatoms. The Kier molecular flexibility index (Phi) is 5.10. The number of anilines is 2. The lowest BCUT2D eigenvalue weighted by atomic mass is 10.1. The van der Waals surface area contributed by atoms with E-state index in [2.05, 4.69) is 10.3 Å². The first-order valence-corrected chi connectivity index (χ1v) is 8.52. The van der Waals surface area contributed by atoms with Gasteiger partial charge in [-0.1, -0.05) is 12.1 Å². The van der Waals surface area contributed by atoms with Gasteiger partial charge in [-0.2, -0.15) is 13.2 Å². The lowest BCUT2D eigenvalue weighted by molar-refractivity contribution is -0.389. The number of nitrogens with one attached hydrogen (secondary N) is 1. The molecule has 1 aromatic carbocycles. The second kappa shape index (κ2) is 7.28. The SMILES string of the molecule is CC1(C)Oc2ccc([N+](=O)[O-])nc2N(CC(=O)Nc2ccccc2C(F)(F)F)C1=O. The van der Waals surface area contributed by atoms with Crippen LogP contribution in [0.2, 0.25) is 0 Å². The van der Waals surface area contributed by atoms with Gasteiger partial charge in [-0.05, 0) is 42.0 Å². The maximum absolute atomic E-state index is 13.1. The molecule has 1 N–H and O–H groups in total. The van der Waals surface area contributed by atoms with Crippen LogP contribution in [-0.2, 0) is 15.8 Å². The Morgan fingerprint density at radius 2 is 1.93 bits per heavy atom. The van der Waals surface area contributed by atoms with Gasteiger partial charge in [0.1, 0.15) is 6.54 Å². The monoisotopic (exact) mass is 424 g/mol. The third-order valence-electron chi connectivity index (χ3n) is 4.20. The Morgan fingerprint density at radius 1 is 1.27 bits per heavy atom. The van der Waals surface area contributed by atoms with Crippen molar-refractivity contribution in [3.8, 4) is 5.75 Å². The molecule has 2 heterocycles. The van der Waals surface area contributed by atoms with Gasteiger partial charge in [-0.15, -0.1) is 0 Å². The fourth-order valence-corrected chi connectivity index (χ4v) is 2.86. The van der Waals surface area contributed by atoms with E-state index < -0.39 is 52.1 Å². The molecule has 2 amide bonds. The first kappa shape index (κ1) is 21.0. The zero-order valence-corrected chi connectivity index (χ0v) is 15.7. The Morgan fingerprint density at radius 3 is 2.57 bits per heavy atom. The van der Waals surface area contributed by atoms with E-state index in [-0.39, 0.29) is 11.6 Å². The Balaban J connectivity index is 1.93. The van der Waals surface area contributed by atoms with Crippen molar-refractivity contribution in [2.24, 2.45) is 0 Å². The largest absolute Gasteiger partial charge is 0.472 e. The first-order chi connectivity index (χ1) is 13.9. The van der Waals surface area contributed by atoms with Crippen LogP contribution >= 0.6 is 0 Å². The number of ether oxygens (including phenoxy) is 1. The van der Waals surface area contributed by atoms with Gasteiger partial charge in [-0.3, -0.25) is 14.5 Å². The standard InChI is InChI=1S/C18H15F3N4O5/c1-17(2)16(27)24(15-12(30-17)7-8-13(23-15)25(28)29)9-14(26)22-11-6-4-3-5-10(11)18(19,20)21/h3-8H,9H2,1-2H3,(H,22,26). The smallest absolute Gasteiger partial charge is 0.418 e. The molecule has 0 radical (unpaired) electrons. The number of hydrogen-bond acceptors (Lipinski definition) is 6. The Hall–Kier alpha value is -3.70. The summed E-state index contributed by atoms with van der Waals surface area (Å²) in [6.45, 7) is 2.12. The topological polar surface area (TPSA) is 115 Å². The molecule has 3 rings (SSSR count). The lowest BCUT2D eigenvalue weighted by Gasteiger charge is -2.35. The predicted octanol–water partition coefficient (Wildman–Crippen LogP) is 3.15. The molecular formula is C18H15F3N4O5. The highest BCUT2D eigenvalue weighted by atomic mass is 19.4. The van der Waals surface area contributed by atoms with Crippen molar-refractivity contribution in [3.05, 3.63) is 52.1 Å². The van der Waals surface area contributed by atoms with Crippen LogP contribution in [0.25, 0.3) is 0 Å². The highest BCUT2D eigenvalue weighted by Crippen LogP contribution is 2.38. The minimum atomic E-state index is -4.70. The highest BCUT2D eigenvalue weighted by molar-refractivity contribution is 6.07. The number of hydrogen-bond donors (Lipinski definition) is 1. The molecule has 9 nitrogen and oxygen atoms in total. The van der Waals surface area contributed by atoms with Crippen molar-refractivity contribution in [3.63, 3.8) is 0 Å². The predicted molar refractivity (Wildman–Crippen MR) is 98.0 cm³/mol. The molecule has 0 unspecified atom stereocenters. The number of para-hydroxylation sites is 1. The average molecular weight is 424 g/mol. The van der Waals surface area contributed by atoms with Gasteiger partial charge in [0.15, 0.2) is 11.4 Å². The van der Waals surface area contributed by atoms with Crippen molar-refractivity contribution in [2.45, 2.75) is 25.6 Å². The minimum Gasteiger partial charge on any atom is -0.472 e. The van der Waals surface area contributed by atoms with Crippen LogP contribution in [0.4, 0.5) is 30.5 Å². The summed E-state index contributed by atoms with van der Waals surface area (Å²) in [5.74, 6) is -2.52. The quantitative estimate of drug-likeness (QED) is 0.596. The molecule has 1 aliphatic rings. The number of halogens is 3. The number of alkyl halides is 3. The zero-order valence-electron chi connectivity index (χ0n) is 15.7. The van der Waals surface area contributed by atoms with Crippen molar-refractivity contribution >= 4 is 29.1 Å². The van der Waals surface area contributed by atoms with E-state index in [1.165, 1.54) is 32.0 Å². The van der Waals surface area contributed by atoms with Crippen molar-refractivity contribution in [1.82, 2.24) is 4.98 Å². The van der Waals surface area contributed by atoms with Gasteiger partial charge >= 0.3 is 12.0 Å². The molecule has 0 saturated carbocycles. The summed E-state index contributed by atoms with van der Waals surface area (Å²) in [4.78, 5) is 40.0. The van der Waals surface area contributed by atoms with Crippen molar-refractivity contribution < 1.29 is 32.4 Å². The third-order valence-corrected chi connectivity index (χ3v) is 4.20. The fourth-order valence-electron chi connectivity index (χ4n) is 2.86. The van der Waals surface area contributed by atoms with Crippen LogP contribution in [0.15, 0.2) is 36.4 Å². The molecule has 158 valence electrons. The Labute approximate surface area is 167 Å². The molecule has 0 fully saturated rings. The van der Waals surface area contributed by atoms with E-state index in [9.17, 15) is 32.9 Å². The van der Waals surface area contributed by atoms with Gasteiger partial charge in [0.05, 0.1) is 11.3 Å². The van der Waals surface area contributed by atoms with E-state index in [0.717, 1.165) is 23.1 Å². The maximum atomic E-state index is 13.1. The van der Waals surface area contributed by atoms with E-state index in [1.807, 2.05) is 0 Å². The minimum absolute atomic E-state index is 0.0219. The number of fused-ring (bicyclic) bond motifs is 1. The van der Waals surface area contributed by atoms with Crippen LogP contribution in [0.5, 0.6) is 5.75 Å². The lowest BCUT2D eigenvalue weighted by Crippen LogP contribution is -2.54. The summed E-state index contributed by atoms with van der Waals surface area (Å²) in [6.07, 6.45) is -4.70. The normalized spacial score (nSPS) is 15.2. The highest BCUT2D eigenvalue weighted by Gasteiger charge is 2.45. The molecule has 0 saturated heterocycles. The average Bonchev–Trinajstić information content (AvgIpc) is 2.64. The number of carbonyl (C=O) groups excluding carboxylic acids is 2. The number of aromatic nitrogens is 1. The number of nitro groups is 1. The van der Waals surface area contributed by atoms with E-state index in [1.54, 1.807) is 0 Å². The molecule has 0 aliphatic carbocycles. The van der Waals surface area contributed by atoms with Gasteiger partial charge in [0.25, 0.3) is 11.7 Å². The van der Waals surface area contributed by atoms with Crippen LogP contribution in [0.3, 0.4) is 0 Å². The van der Waals surface area contributed by atoms with E-state index in [4.69, 9.17) is 4.74 Å². The van der Waals surface area contributed by atoms with Gasteiger partial charge < -0.3 is 20.2 Å². The van der Waals surface area contributed by atoms with Crippen LogP contribution in [0.1, 0.15) is 19.4 Å². The van der Waals surface area contributed by atoms with Crippen LogP contribution in [0, 0.1) is 10.1 Å². The summed E-state index contributed by atoms with van der Waals surface area (Å²) in [5.41, 5.74) is -2.96. The number of nitrogens with zero attached hydrogens (tertiary/aromatic N) is 3. The molecule has 0 atom stereocenters. The van der Waals surface area contributed by atoms with E-state index in [0.29, 0.717) is 0 Å². The van der Waals surface area contributed by atoms with Crippen LogP contribution in [-0.4, -0.2) is 33.9 Å². The number of pyridine rings is 1. The molecule has 30 heavy (non-hydrogen) atoms. The number of carbonyl (C=O) groups is 2. The number of benzene rings is 1. The van der Waals surface area contributed by atoms with Crippen molar-refractivity contribution in [2.75, 3.05) is 16.8 Å². The summed E-state index contributed by atoms with van der Waals surface area (Å²) in [6, 6.07) is 6.67. The third kappa shape index (κ3) is 4.02. The molecule has 0 bridgehead atoms. The van der Waals surface area contributed by atoms with Crippen LogP contribution < -0.4 is 15.0 Å². The molecule has 1 aromatic heterocycles. The molecular weight excluding hydrogens is 409 g/mol. The zero-order chi connectivity index (χ0) is 22.3. The van der Waals surface area contributed by atoms with Gasteiger partial charge in [0.2, 0.25) is 5.91 Å². The molecule has 0 spiro atoms. The molecule has 2 aromatic rings. The second-order valence-electron chi connectivity index (χ2n) is 6.84. The number of rotatable bonds is 4. The second-order valence-corrected chi connectivity index (χ2v) is 6.84. The van der Waals surface area contributed by atoms with E-state index >= 15 is 0 Å². The molecule has 1 aliphatic heterocycles. The summed E-state index contributed by atoms with van der Waals surface area (Å²) < 4.78 is 44.9. The van der Waals surface area contributed by atoms with Crippen molar-refractivity contribution in [1.29, 1.82) is 0 Å². The summed E-state index contributed by atoms with van der Waals surface area (Å²) in [5, 5.41) is 13.1.